The molecule has 0 spiro atoms. The highest BCUT2D eigenvalue weighted by Gasteiger charge is 2.25. The summed E-state index contributed by atoms with van der Waals surface area (Å²) >= 11 is 0. The van der Waals surface area contributed by atoms with E-state index in [1.807, 2.05) is 24.3 Å². The lowest BCUT2D eigenvalue weighted by molar-refractivity contribution is -0.0196. The van der Waals surface area contributed by atoms with Crippen LogP contribution in [0.25, 0.3) is 11.1 Å². The molecule has 0 bridgehead atoms. The summed E-state index contributed by atoms with van der Waals surface area (Å²) in [5, 5.41) is 0. The van der Waals surface area contributed by atoms with Crippen LogP contribution in [0.4, 0.5) is 22.1 Å². The van der Waals surface area contributed by atoms with E-state index in [4.69, 9.17) is 14.2 Å². The highest BCUT2D eigenvalue weighted by Crippen LogP contribution is 2.44. The minimum Gasteiger partial charge on any atom is -0.493 e. The topological polar surface area (TPSA) is 36.9 Å². The first-order chi connectivity index (χ1) is 20.3. The average Bonchev–Trinajstić information content (AvgIpc) is 3.02. The summed E-state index contributed by atoms with van der Waals surface area (Å²) in [6, 6.07) is 12.6. The number of rotatable bonds is 12. The molecule has 1 fully saturated rings. The SMILES string of the molecule is CCCOc1cc(C2CC[C@@H](CCC)CO2)cc(OCCC)c1-c1ccc(CF)cc1.FOc1cc(F)c(F)c(F)c1. The molecular weight excluding hydrogens is 555 g/mol. The first-order valence-corrected chi connectivity index (χ1v) is 14.5. The molecule has 9 heteroatoms. The van der Waals surface area contributed by atoms with Crippen molar-refractivity contribution in [2.75, 3.05) is 19.8 Å². The molecule has 3 aromatic rings. The molecule has 1 aliphatic heterocycles. The lowest BCUT2D eigenvalue weighted by Crippen LogP contribution is -2.20. The lowest BCUT2D eigenvalue weighted by atomic mass is 9.90. The molecule has 1 unspecified atom stereocenters. The van der Waals surface area contributed by atoms with Crippen LogP contribution in [-0.2, 0) is 11.4 Å². The van der Waals surface area contributed by atoms with Gasteiger partial charge in [0.05, 0.1) is 31.5 Å². The van der Waals surface area contributed by atoms with Crippen LogP contribution >= 0.6 is 0 Å². The van der Waals surface area contributed by atoms with Gasteiger partial charge in [-0.05, 0) is 66.8 Å². The Morgan fingerprint density at radius 2 is 1.40 bits per heavy atom. The fraction of sp³-hybridized carbons (Fsp3) is 0.455. The Hall–Kier alpha value is -3.33. The summed E-state index contributed by atoms with van der Waals surface area (Å²) in [6.45, 7) is 8.07. The quantitative estimate of drug-likeness (QED) is 0.154. The minimum absolute atomic E-state index is 0.0732. The molecule has 0 radical (unpaired) electrons. The third-order valence-electron chi connectivity index (χ3n) is 6.89. The maximum atomic E-state index is 13.0. The van der Waals surface area contributed by atoms with E-state index in [9.17, 15) is 22.1 Å². The van der Waals surface area contributed by atoms with Crippen LogP contribution in [0.5, 0.6) is 17.2 Å². The van der Waals surface area contributed by atoms with Gasteiger partial charge in [0.25, 0.3) is 0 Å². The van der Waals surface area contributed by atoms with Crippen molar-refractivity contribution < 1.29 is 41.2 Å². The van der Waals surface area contributed by atoms with Crippen LogP contribution in [0.2, 0.25) is 0 Å². The summed E-state index contributed by atoms with van der Waals surface area (Å²) in [5.41, 5.74) is 3.71. The van der Waals surface area contributed by atoms with E-state index in [-0.39, 0.29) is 6.10 Å². The van der Waals surface area contributed by atoms with Gasteiger partial charge in [0.2, 0.25) is 0 Å². The van der Waals surface area contributed by atoms with Gasteiger partial charge >= 0.3 is 0 Å². The van der Waals surface area contributed by atoms with Gasteiger partial charge in [-0.1, -0.05) is 51.5 Å². The van der Waals surface area contributed by atoms with Gasteiger partial charge in [-0.2, -0.15) is 0 Å². The van der Waals surface area contributed by atoms with E-state index >= 15 is 0 Å². The van der Waals surface area contributed by atoms with Crippen molar-refractivity contribution in [3.63, 3.8) is 0 Å². The van der Waals surface area contributed by atoms with Gasteiger partial charge in [0.15, 0.2) is 23.2 Å². The predicted octanol–water partition coefficient (Wildman–Crippen LogP) is 10.0. The predicted molar refractivity (Wildman–Crippen MR) is 153 cm³/mol. The Morgan fingerprint density at radius 3 is 1.86 bits per heavy atom. The Labute approximate surface area is 244 Å². The smallest absolute Gasteiger partial charge is 0.194 e. The van der Waals surface area contributed by atoms with Crippen LogP contribution in [0.3, 0.4) is 0 Å². The molecule has 4 nitrogen and oxygen atoms in total. The molecule has 0 amide bonds. The van der Waals surface area contributed by atoms with Crippen molar-refractivity contribution in [1.82, 2.24) is 0 Å². The highest BCUT2D eigenvalue weighted by molar-refractivity contribution is 5.78. The molecule has 1 heterocycles. The Bertz CT molecular complexity index is 1190. The van der Waals surface area contributed by atoms with Crippen LogP contribution < -0.4 is 14.4 Å². The Morgan fingerprint density at radius 1 is 0.810 bits per heavy atom. The number of alkyl halides is 1. The third-order valence-corrected chi connectivity index (χ3v) is 6.89. The second kappa shape index (κ2) is 16.9. The van der Waals surface area contributed by atoms with Crippen molar-refractivity contribution >= 4 is 0 Å². The first-order valence-electron chi connectivity index (χ1n) is 14.5. The van der Waals surface area contributed by atoms with Crippen molar-refractivity contribution in [3.8, 4) is 28.4 Å². The zero-order valence-electron chi connectivity index (χ0n) is 24.4. The van der Waals surface area contributed by atoms with Gasteiger partial charge in [-0.15, -0.1) is 0 Å². The van der Waals surface area contributed by atoms with Crippen molar-refractivity contribution in [3.05, 3.63) is 77.1 Å². The fourth-order valence-electron chi connectivity index (χ4n) is 4.77. The number of hydrogen-bond acceptors (Lipinski definition) is 4. The monoisotopic (exact) mass is 594 g/mol. The van der Waals surface area contributed by atoms with Gasteiger partial charge in [-0.3, -0.25) is 4.94 Å². The molecule has 0 N–H and O–H groups in total. The molecule has 2 atom stereocenters. The van der Waals surface area contributed by atoms with Crippen molar-refractivity contribution in [2.45, 2.75) is 72.1 Å². The number of benzene rings is 3. The number of halogens is 5. The van der Waals surface area contributed by atoms with Crippen molar-refractivity contribution in [1.29, 1.82) is 0 Å². The molecule has 0 saturated carbocycles. The minimum atomic E-state index is -1.65. The molecule has 1 saturated heterocycles. The van der Waals surface area contributed by atoms with Crippen LogP contribution in [0, 0.1) is 23.4 Å². The Kier molecular flexibility index (Phi) is 13.4. The zero-order chi connectivity index (χ0) is 30.5. The molecule has 4 rings (SSSR count). The van der Waals surface area contributed by atoms with E-state index in [0.717, 1.165) is 54.1 Å². The third kappa shape index (κ3) is 9.08. The van der Waals surface area contributed by atoms with E-state index in [2.05, 4.69) is 37.8 Å². The summed E-state index contributed by atoms with van der Waals surface area (Å²) in [7, 11) is 0. The van der Waals surface area contributed by atoms with Gasteiger partial charge in [-0.25, -0.2) is 17.6 Å². The van der Waals surface area contributed by atoms with E-state index < -0.39 is 29.9 Å². The maximum Gasteiger partial charge on any atom is 0.194 e. The highest BCUT2D eigenvalue weighted by atomic mass is 19.3. The lowest BCUT2D eigenvalue weighted by Gasteiger charge is -2.30. The summed E-state index contributed by atoms with van der Waals surface area (Å²) in [4.78, 5) is 2.98. The standard InChI is InChI=1S/C27H37FO3.C6H2F4O/c1-4-7-21-10-13-24(31-19-21)23-16-25(29-14-5-2)27(26(17-23)30-15-6-3)22-11-8-20(18-28)9-12-22;7-4-1-3(11-10)2-5(8)6(4)9/h8-9,11-12,16-17,21,24H,4-7,10,13-15,18-19H2,1-3H3;1-2H/t21-,24?;/m1./s1. The molecule has 1 aliphatic rings. The largest absolute Gasteiger partial charge is 0.493 e. The van der Waals surface area contributed by atoms with Gasteiger partial charge in [0, 0.05) is 16.7 Å². The van der Waals surface area contributed by atoms with Gasteiger partial charge in [0.1, 0.15) is 18.2 Å². The fourth-order valence-corrected chi connectivity index (χ4v) is 4.77. The Balaban J connectivity index is 0.000000369. The van der Waals surface area contributed by atoms with E-state index in [1.54, 1.807) is 0 Å². The average molecular weight is 595 g/mol. The summed E-state index contributed by atoms with van der Waals surface area (Å²) in [5.74, 6) is -3.03. The summed E-state index contributed by atoms with van der Waals surface area (Å²) < 4.78 is 79.4. The molecule has 230 valence electrons. The molecule has 0 aliphatic carbocycles. The van der Waals surface area contributed by atoms with Crippen LogP contribution in [0.15, 0.2) is 48.5 Å². The van der Waals surface area contributed by atoms with Crippen LogP contribution in [-0.4, -0.2) is 19.8 Å². The molecular formula is C33H39F5O4. The maximum absolute atomic E-state index is 13.0. The second-order valence-corrected chi connectivity index (χ2v) is 10.3. The van der Waals surface area contributed by atoms with E-state index in [0.29, 0.717) is 36.8 Å². The second-order valence-electron chi connectivity index (χ2n) is 10.3. The van der Waals surface area contributed by atoms with Crippen molar-refractivity contribution in [2.24, 2.45) is 5.92 Å². The summed E-state index contributed by atoms with van der Waals surface area (Å²) in [6.07, 6.45) is 6.58. The van der Waals surface area contributed by atoms with Gasteiger partial charge < -0.3 is 14.2 Å². The molecule has 42 heavy (non-hydrogen) atoms. The normalized spacial score (nSPS) is 16.4. The first kappa shape index (κ1) is 33.2. The molecule has 3 aromatic carbocycles. The molecule has 0 aromatic heterocycles. The number of ether oxygens (including phenoxy) is 3. The van der Waals surface area contributed by atoms with E-state index in [1.165, 1.54) is 19.3 Å². The number of hydrogen-bond donors (Lipinski definition) is 0. The van der Waals surface area contributed by atoms with Crippen LogP contribution in [0.1, 0.15) is 76.5 Å². The zero-order valence-corrected chi connectivity index (χ0v) is 24.4.